The third kappa shape index (κ3) is 3.60. The fourth-order valence-electron chi connectivity index (χ4n) is 5.20. The molecule has 3 atom stereocenters. The van der Waals surface area contributed by atoms with Gasteiger partial charge in [-0.1, -0.05) is 78.9 Å². The Morgan fingerprint density at radius 1 is 0.848 bits per heavy atom. The van der Waals surface area contributed by atoms with Crippen LogP contribution in [-0.2, 0) is 19.2 Å². The van der Waals surface area contributed by atoms with Crippen LogP contribution in [0.5, 0.6) is 0 Å². The van der Waals surface area contributed by atoms with Gasteiger partial charge in [-0.15, -0.1) is 0 Å². The number of benzene rings is 3. The monoisotopic (exact) mass is 481 g/mol. The molecule has 5 nitrogen and oxygen atoms in total. The van der Waals surface area contributed by atoms with Gasteiger partial charge in [0.15, 0.2) is 22.8 Å². The molecule has 33 heavy (non-hydrogen) atoms. The Hall–Kier alpha value is -2.24. The molecule has 172 valence electrons. The zero-order chi connectivity index (χ0) is 23.3. The largest absolute Gasteiger partial charge is 0.311 e. The van der Waals surface area contributed by atoms with Crippen LogP contribution in [0, 0.1) is 0 Å². The zero-order valence-electron chi connectivity index (χ0n) is 18.7. The highest BCUT2D eigenvalue weighted by molar-refractivity contribution is 7.93. The third-order valence-electron chi connectivity index (χ3n) is 6.90. The van der Waals surface area contributed by atoms with E-state index < -0.39 is 28.1 Å². The lowest BCUT2D eigenvalue weighted by Crippen LogP contribution is -2.43. The van der Waals surface area contributed by atoms with Gasteiger partial charge in [-0.3, -0.25) is 4.84 Å². The van der Waals surface area contributed by atoms with Gasteiger partial charge in [0.2, 0.25) is 0 Å². The van der Waals surface area contributed by atoms with Crippen molar-refractivity contribution in [3.8, 4) is 0 Å². The van der Waals surface area contributed by atoms with E-state index in [0.29, 0.717) is 17.0 Å². The smallest absolute Gasteiger partial charge is 0.186 e. The van der Waals surface area contributed by atoms with E-state index in [1.807, 2.05) is 65.7 Å². The number of rotatable bonds is 5. The van der Waals surface area contributed by atoms with Crippen molar-refractivity contribution < 1.29 is 17.8 Å². The normalized spacial score (nSPS) is 25.1. The van der Waals surface area contributed by atoms with E-state index in [4.69, 9.17) is 4.84 Å². The Labute approximate surface area is 195 Å². The van der Waals surface area contributed by atoms with Crippen LogP contribution >= 0.6 is 7.14 Å². The average molecular weight is 482 g/mol. The standard InChI is InChI=1S/C26H28NO4PS/c1-26(2)19-18-23-24(33(29,30)22-16-10-5-11-17-22)25(31-27(23)26)32(28,20-12-6-3-7-13-20)21-14-8-4-9-15-21/h3-17,23-25H,18-19H2,1-2H3/t23-,24+,25-/m1/s1. The molecule has 0 radical (unpaired) electrons. The van der Waals surface area contributed by atoms with Crippen LogP contribution in [0.15, 0.2) is 95.9 Å². The second kappa shape index (κ2) is 8.21. The Balaban J connectivity index is 1.74. The van der Waals surface area contributed by atoms with Crippen molar-refractivity contribution in [2.75, 3.05) is 0 Å². The number of nitrogens with zero attached hydrogens (tertiary/aromatic N) is 1. The highest BCUT2D eigenvalue weighted by atomic mass is 32.2. The SMILES string of the molecule is CC1(C)CC[C@@H]2[C@H](S(=O)(=O)c3ccccc3)[C@@H](P(=O)(c3ccccc3)c3ccccc3)ON21. The molecule has 0 unspecified atom stereocenters. The molecule has 5 rings (SSSR count). The molecule has 2 saturated heterocycles. The summed E-state index contributed by atoms with van der Waals surface area (Å²) in [5.41, 5.74) is -0.345. The van der Waals surface area contributed by atoms with Gasteiger partial charge in [-0.2, -0.15) is 5.06 Å². The third-order valence-corrected chi connectivity index (χ3v) is 12.6. The van der Waals surface area contributed by atoms with Gasteiger partial charge >= 0.3 is 0 Å². The summed E-state index contributed by atoms with van der Waals surface area (Å²) < 4.78 is 43.3. The Morgan fingerprint density at radius 2 is 1.33 bits per heavy atom. The van der Waals surface area contributed by atoms with Crippen LogP contribution in [0.2, 0.25) is 0 Å². The molecule has 2 heterocycles. The van der Waals surface area contributed by atoms with Gasteiger partial charge in [-0.05, 0) is 38.8 Å². The second-order valence-corrected chi connectivity index (χ2v) is 14.4. The maximum atomic E-state index is 15.1. The first-order valence-electron chi connectivity index (χ1n) is 11.2. The van der Waals surface area contributed by atoms with E-state index in [0.717, 1.165) is 6.42 Å². The molecule has 7 heteroatoms. The molecule has 0 saturated carbocycles. The quantitative estimate of drug-likeness (QED) is 0.507. The van der Waals surface area contributed by atoms with E-state index in [2.05, 4.69) is 13.8 Å². The Kier molecular flexibility index (Phi) is 5.61. The van der Waals surface area contributed by atoms with Gasteiger partial charge in [0.05, 0.1) is 10.9 Å². The summed E-state index contributed by atoms with van der Waals surface area (Å²) in [6, 6.07) is 26.5. The highest BCUT2D eigenvalue weighted by Crippen LogP contribution is 2.59. The van der Waals surface area contributed by atoms with Crippen LogP contribution in [0.25, 0.3) is 0 Å². The van der Waals surface area contributed by atoms with Crippen LogP contribution in [-0.4, -0.2) is 36.2 Å². The summed E-state index contributed by atoms with van der Waals surface area (Å²) in [6.07, 6.45) is 1.48. The fourth-order valence-corrected chi connectivity index (χ4v) is 11.0. The zero-order valence-corrected chi connectivity index (χ0v) is 20.5. The molecule has 2 aliphatic heterocycles. The minimum atomic E-state index is -3.83. The predicted octanol–water partition coefficient (Wildman–Crippen LogP) is 4.36. The Bertz CT molecular complexity index is 1240. The van der Waals surface area contributed by atoms with E-state index in [1.165, 1.54) is 0 Å². The predicted molar refractivity (Wildman–Crippen MR) is 131 cm³/mol. The first-order valence-corrected chi connectivity index (χ1v) is 14.5. The van der Waals surface area contributed by atoms with Crippen molar-refractivity contribution in [1.82, 2.24) is 5.06 Å². The molecule has 3 aromatic carbocycles. The van der Waals surface area contributed by atoms with Crippen molar-refractivity contribution in [2.45, 2.75) is 54.3 Å². The average Bonchev–Trinajstić information content (AvgIpc) is 3.38. The first kappa shape index (κ1) is 22.5. The minimum Gasteiger partial charge on any atom is -0.311 e. The molecular formula is C26H28NO4PS. The maximum Gasteiger partial charge on any atom is 0.186 e. The lowest BCUT2D eigenvalue weighted by atomic mass is 10.0. The van der Waals surface area contributed by atoms with Crippen molar-refractivity contribution in [3.63, 3.8) is 0 Å². The minimum absolute atomic E-state index is 0.239. The van der Waals surface area contributed by atoms with Gasteiger partial charge in [0, 0.05) is 16.1 Å². The summed E-state index contributed by atoms with van der Waals surface area (Å²) in [4.78, 5) is 6.72. The van der Waals surface area contributed by atoms with Gasteiger partial charge < -0.3 is 4.57 Å². The number of hydroxylamine groups is 2. The van der Waals surface area contributed by atoms with Crippen molar-refractivity contribution >= 4 is 27.6 Å². The lowest BCUT2D eigenvalue weighted by molar-refractivity contribution is -0.180. The summed E-state index contributed by atoms with van der Waals surface area (Å²) in [5, 5.41) is 2.08. The molecule has 0 aromatic heterocycles. The molecular weight excluding hydrogens is 453 g/mol. The number of hydrogen-bond donors (Lipinski definition) is 0. The van der Waals surface area contributed by atoms with Gasteiger partial charge in [0.1, 0.15) is 5.25 Å². The van der Waals surface area contributed by atoms with Crippen molar-refractivity contribution in [1.29, 1.82) is 0 Å². The summed E-state index contributed by atoms with van der Waals surface area (Å²) in [6.45, 7) is 4.11. The lowest BCUT2D eigenvalue weighted by Gasteiger charge is -2.32. The van der Waals surface area contributed by atoms with Crippen LogP contribution in [0.4, 0.5) is 0 Å². The molecule has 2 fully saturated rings. The van der Waals surface area contributed by atoms with E-state index >= 15 is 4.57 Å². The van der Waals surface area contributed by atoms with Crippen LogP contribution in [0.3, 0.4) is 0 Å². The van der Waals surface area contributed by atoms with Crippen LogP contribution in [0.1, 0.15) is 26.7 Å². The maximum absolute atomic E-state index is 15.1. The van der Waals surface area contributed by atoms with Gasteiger partial charge in [0.25, 0.3) is 0 Å². The molecule has 0 N–H and O–H groups in total. The first-order chi connectivity index (χ1) is 15.8. The number of hydrogen-bond acceptors (Lipinski definition) is 5. The molecule has 0 amide bonds. The molecule has 3 aromatic rings. The Morgan fingerprint density at radius 3 is 1.85 bits per heavy atom. The molecule has 0 aliphatic carbocycles. The molecule has 2 aliphatic rings. The highest BCUT2D eigenvalue weighted by Gasteiger charge is 2.62. The summed E-state index contributed by atoms with van der Waals surface area (Å²) in [7, 11) is -7.33. The van der Waals surface area contributed by atoms with Crippen molar-refractivity contribution in [2.24, 2.45) is 0 Å². The second-order valence-electron chi connectivity index (χ2n) is 9.39. The van der Waals surface area contributed by atoms with Gasteiger partial charge in [-0.25, -0.2) is 8.42 Å². The summed E-state index contributed by atoms with van der Waals surface area (Å²) >= 11 is 0. The van der Waals surface area contributed by atoms with Crippen LogP contribution < -0.4 is 10.6 Å². The molecule has 0 spiro atoms. The number of fused-ring (bicyclic) bond motifs is 1. The number of sulfone groups is 1. The van der Waals surface area contributed by atoms with E-state index in [1.54, 1.807) is 30.3 Å². The topological polar surface area (TPSA) is 63.7 Å². The van der Waals surface area contributed by atoms with Crippen molar-refractivity contribution in [3.05, 3.63) is 91.0 Å². The van der Waals surface area contributed by atoms with E-state index in [9.17, 15) is 8.42 Å². The molecule has 0 bridgehead atoms. The summed E-state index contributed by atoms with van der Waals surface area (Å²) in [5.74, 6) is -1.02. The van der Waals surface area contributed by atoms with E-state index in [-0.39, 0.29) is 16.5 Å². The fraction of sp³-hybridized carbons (Fsp3) is 0.308.